The van der Waals surface area contributed by atoms with Gasteiger partial charge in [0.2, 0.25) is 11.8 Å². The third-order valence-electron chi connectivity index (χ3n) is 7.41. The number of anilines is 2. The van der Waals surface area contributed by atoms with E-state index in [0.29, 0.717) is 28.7 Å². The molecule has 2 aliphatic heterocycles. The molecule has 1 saturated heterocycles. The highest BCUT2D eigenvalue weighted by Gasteiger charge is 2.35. The molecule has 39 heavy (non-hydrogen) atoms. The Balaban J connectivity index is 1.34. The smallest absolute Gasteiger partial charge is 0.240 e. The third-order valence-corrected chi connectivity index (χ3v) is 7.65. The molecule has 1 N–H and O–H groups in total. The molecule has 3 aromatic rings. The van der Waals surface area contributed by atoms with E-state index in [1.54, 1.807) is 17.0 Å². The van der Waals surface area contributed by atoms with E-state index in [9.17, 15) is 9.59 Å². The van der Waals surface area contributed by atoms with Gasteiger partial charge < -0.3 is 15.1 Å². The number of likely N-dealkylation sites (N-methyl/N-ethyl adjacent to an activating group) is 1. The van der Waals surface area contributed by atoms with Crippen molar-refractivity contribution in [2.45, 2.75) is 19.3 Å². The van der Waals surface area contributed by atoms with Gasteiger partial charge in [0.25, 0.3) is 0 Å². The highest BCUT2D eigenvalue weighted by atomic mass is 35.5. The molecule has 7 nitrogen and oxygen atoms in total. The second-order valence-corrected chi connectivity index (χ2v) is 10.5. The number of halogens is 1. The predicted molar refractivity (Wildman–Crippen MR) is 158 cm³/mol. The van der Waals surface area contributed by atoms with Crippen LogP contribution in [0.5, 0.6) is 0 Å². The van der Waals surface area contributed by atoms with Crippen molar-refractivity contribution in [3.8, 4) is 0 Å². The number of nitrogens with zero attached hydrogens (tertiary/aromatic N) is 4. The second-order valence-electron chi connectivity index (χ2n) is 10.1. The maximum atomic E-state index is 13.1. The number of hydrogen-bond donors (Lipinski definition) is 1. The fourth-order valence-corrected chi connectivity index (χ4v) is 5.40. The highest BCUT2D eigenvalue weighted by molar-refractivity contribution is 6.31. The van der Waals surface area contributed by atoms with Crippen LogP contribution in [0.3, 0.4) is 0 Å². The minimum Gasteiger partial charge on any atom is -0.325 e. The molecule has 1 atom stereocenters. The van der Waals surface area contributed by atoms with Crippen LogP contribution in [0, 0.1) is 0 Å². The summed E-state index contributed by atoms with van der Waals surface area (Å²) < 4.78 is 0. The third kappa shape index (κ3) is 6.22. The molecule has 0 saturated carbocycles. The zero-order chi connectivity index (χ0) is 27.4. The van der Waals surface area contributed by atoms with Crippen LogP contribution in [0.4, 0.5) is 17.1 Å². The molecule has 8 heteroatoms. The molecule has 1 fully saturated rings. The average Bonchev–Trinajstić information content (AvgIpc) is 3.27. The quantitative estimate of drug-likeness (QED) is 0.397. The van der Waals surface area contributed by atoms with Crippen LogP contribution < -0.4 is 10.2 Å². The summed E-state index contributed by atoms with van der Waals surface area (Å²) in [5.74, 6) is -0.619. The number of rotatable bonds is 8. The van der Waals surface area contributed by atoms with Crippen molar-refractivity contribution in [3.05, 3.63) is 88.9 Å². The Morgan fingerprint density at radius 3 is 2.38 bits per heavy atom. The first-order chi connectivity index (χ1) is 18.9. The van der Waals surface area contributed by atoms with Gasteiger partial charge in [-0.1, -0.05) is 54.9 Å². The van der Waals surface area contributed by atoms with E-state index in [1.807, 2.05) is 67.7 Å². The molecule has 2 heterocycles. The zero-order valence-corrected chi connectivity index (χ0v) is 23.2. The molecule has 0 bridgehead atoms. The van der Waals surface area contributed by atoms with Crippen LogP contribution in [0.15, 0.2) is 77.8 Å². The maximum Gasteiger partial charge on any atom is 0.240 e. The maximum absolute atomic E-state index is 13.1. The molecule has 0 spiro atoms. The van der Waals surface area contributed by atoms with Crippen molar-refractivity contribution in [2.24, 2.45) is 4.99 Å². The van der Waals surface area contributed by atoms with Crippen molar-refractivity contribution in [3.63, 3.8) is 0 Å². The van der Waals surface area contributed by atoms with E-state index in [-0.39, 0.29) is 11.8 Å². The van der Waals surface area contributed by atoms with E-state index < -0.39 is 5.92 Å². The van der Waals surface area contributed by atoms with E-state index in [0.717, 1.165) is 56.0 Å². The van der Waals surface area contributed by atoms with Crippen LogP contribution in [0.2, 0.25) is 5.02 Å². The first kappa shape index (κ1) is 27.1. The van der Waals surface area contributed by atoms with Gasteiger partial charge in [0.05, 0.1) is 17.9 Å². The number of amides is 2. The molecule has 2 amide bonds. The molecule has 2 aliphatic rings. The average molecular weight is 544 g/mol. The Morgan fingerprint density at radius 1 is 1.00 bits per heavy atom. The SMILES string of the molecule is CCCN1CCN(CC(=O)N(C)c2ccc(N=C(c3ccccc3)C3C(=O)Nc4cc(Cl)ccc43)cc2)CC1. The highest BCUT2D eigenvalue weighted by Crippen LogP contribution is 2.37. The largest absolute Gasteiger partial charge is 0.325 e. The van der Waals surface area contributed by atoms with Crippen molar-refractivity contribution >= 4 is 46.2 Å². The van der Waals surface area contributed by atoms with Crippen LogP contribution in [0.1, 0.15) is 30.4 Å². The topological polar surface area (TPSA) is 68.2 Å². The lowest BCUT2D eigenvalue weighted by molar-refractivity contribution is -0.120. The molecule has 0 aromatic heterocycles. The fraction of sp³-hybridized carbons (Fsp3) is 0.323. The molecule has 5 rings (SSSR count). The number of hydrogen-bond acceptors (Lipinski definition) is 5. The zero-order valence-electron chi connectivity index (χ0n) is 22.4. The lowest BCUT2D eigenvalue weighted by Gasteiger charge is -2.34. The Hall–Kier alpha value is -3.52. The number of carbonyl (C=O) groups is 2. The van der Waals surface area contributed by atoms with Gasteiger partial charge in [-0.05, 0) is 60.5 Å². The summed E-state index contributed by atoms with van der Waals surface area (Å²) in [4.78, 5) is 37.4. The van der Waals surface area contributed by atoms with Crippen LogP contribution >= 0.6 is 11.6 Å². The van der Waals surface area contributed by atoms with Crippen molar-refractivity contribution in [1.29, 1.82) is 0 Å². The molecule has 0 aliphatic carbocycles. The summed E-state index contributed by atoms with van der Waals surface area (Å²) in [6, 6.07) is 22.8. The molecule has 3 aromatic carbocycles. The minimum absolute atomic E-state index is 0.0676. The van der Waals surface area contributed by atoms with Crippen LogP contribution in [0.25, 0.3) is 0 Å². The minimum atomic E-state index is -0.554. The number of piperazine rings is 1. The molecule has 0 radical (unpaired) electrons. The van der Waals surface area contributed by atoms with Crippen molar-refractivity contribution < 1.29 is 9.59 Å². The molecule has 202 valence electrons. The van der Waals surface area contributed by atoms with E-state index in [2.05, 4.69) is 22.0 Å². The van der Waals surface area contributed by atoms with Gasteiger partial charge in [-0.25, -0.2) is 0 Å². The summed E-state index contributed by atoms with van der Waals surface area (Å²) in [7, 11) is 1.81. The summed E-state index contributed by atoms with van der Waals surface area (Å²) in [6.07, 6.45) is 1.16. The monoisotopic (exact) mass is 543 g/mol. The lowest BCUT2D eigenvalue weighted by atomic mass is 9.90. The number of benzene rings is 3. The number of aliphatic imine (C=N–C) groups is 1. The van der Waals surface area contributed by atoms with E-state index in [4.69, 9.17) is 16.6 Å². The van der Waals surface area contributed by atoms with Gasteiger partial charge in [-0.2, -0.15) is 0 Å². The summed E-state index contributed by atoms with van der Waals surface area (Å²) >= 11 is 6.17. The Morgan fingerprint density at radius 2 is 1.69 bits per heavy atom. The number of carbonyl (C=O) groups excluding carboxylic acids is 2. The van der Waals surface area contributed by atoms with Gasteiger partial charge in [0.15, 0.2) is 0 Å². The second kappa shape index (κ2) is 12.1. The molecular formula is C31H34ClN5O2. The van der Waals surface area contributed by atoms with Crippen LogP contribution in [-0.4, -0.2) is 73.6 Å². The van der Waals surface area contributed by atoms with Crippen molar-refractivity contribution in [1.82, 2.24) is 9.80 Å². The lowest BCUT2D eigenvalue weighted by Crippen LogP contribution is -2.49. The van der Waals surface area contributed by atoms with Gasteiger partial charge in [0, 0.05) is 49.6 Å². The van der Waals surface area contributed by atoms with Gasteiger partial charge in [-0.3, -0.25) is 19.5 Å². The standard InChI is InChI=1S/C31H34ClN5O2/c1-3-15-36-16-18-37(19-17-36)21-28(38)35(2)25-12-10-24(11-13-25)33-30(22-7-5-4-6-8-22)29-26-14-9-23(32)20-27(26)34-31(29)39/h4-14,20,29H,3,15-19,21H2,1-2H3,(H,34,39). The van der Waals surface area contributed by atoms with Gasteiger partial charge in [-0.15, -0.1) is 0 Å². The first-order valence-electron chi connectivity index (χ1n) is 13.5. The fourth-order valence-electron chi connectivity index (χ4n) is 5.23. The summed E-state index contributed by atoms with van der Waals surface area (Å²) in [6.45, 7) is 7.59. The van der Waals surface area contributed by atoms with E-state index in [1.165, 1.54) is 0 Å². The Kier molecular flexibility index (Phi) is 8.41. The van der Waals surface area contributed by atoms with Crippen LogP contribution in [-0.2, 0) is 9.59 Å². The van der Waals surface area contributed by atoms with Gasteiger partial charge in [0.1, 0.15) is 5.92 Å². The van der Waals surface area contributed by atoms with Gasteiger partial charge >= 0.3 is 0 Å². The summed E-state index contributed by atoms with van der Waals surface area (Å²) in [5, 5.41) is 3.52. The Bertz CT molecular complexity index is 1350. The predicted octanol–water partition coefficient (Wildman–Crippen LogP) is 5.19. The normalized spacial score (nSPS) is 18.1. The number of fused-ring (bicyclic) bond motifs is 1. The summed E-state index contributed by atoms with van der Waals surface area (Å²) in [5.41, 5.74) is 4.61. The number of nitrogens with one attached hydrogen (secondary N) is 1. The Labute approximate surface area is 235 Å². The van der Waals surface area contributed by atoms with Crippen molar-refractivity contribution in [2.75, 3.05) is 56.5 Å². The molecule has 1 unspecified atom stereocenters. The van der Waals surface area contributed by atoms with E-state index >= 15 is 0 Å². The first-order valence-corrected chi connectivity index (χ1v) is 13.9. The molecular weight excluding hydrogens is 510 g/mol.